The standard InChI is InChI=1S/C26H29ClF3N3O5S.ClH/c1-36-22-7-2-17(14-23(22)39(31,34)35)8-11-33-12-9-19(10-13-33)25-32-21(15-37-16-26(28,29)30)24(38-25)18-3-5-20(27)6-4-18;/h2-7,14,19H,8-13,15-16H2,1H3,(H2,31,34,35);1H. The lowest BCUT2D eigenvalue weighted by Crippen LogP contribution is -2.34. The van der Waals surface area contributed by atoms with E-state index in [9.17, 15) is 21.6 Å². The van der Waals surface area contributed by atoms with Crippen molar-refractivity contribution < 1.29 is 35.5 Å². The van der Waals surface area contributed by atoms with Crippen LogP contribution in [-0.2, 0) is 27.8 Å². The minimum atomic E-state index is -4.44. The van der Waals surface area contributed by atoms with E-state index < -0.39 is 22.8 Å². The lowest BCUT2D eigenvalue weighted by atomic mass is 9.96. The molecule has 4 rings (SSSR count). The average molecular weight is 625 g/mol. The third-order valence-corrected chi connectivity index (χ3v) is 7.70. The van der Waals surface area contributed by atoms with E-state index in [-0.39, 0.29) is 35.6 Å². The van der Waals surface area contributed by atoms with E-state index in [2.05, 4.69) is 9.88 Å². The Bertz CT molecular complexity index is 1380. The Morgan fingerprint density at radius 1 is 1.15 bits per heavy atom. The number of aromatic nitrogens is 1. The Morgan fingerprint density at radius 3 is 2.42 bits per heavy atom. The van der Waals surface area contributed by atoms with E-state index in [0.29, 0.717) is 40.9 Å². The quantitative estimate of drug-likeness (QED) is 0.314. The van der Waals surface area contributed by atoms with E-state index in [1.165, 1.54) is 13.2 Å². The van der Waals surface area contributed by atoms with Crippen molar-refractivity contribution >= 4 is 34.0 Å². The summed E-state index contributed by atoms with van der Waals surface area (Å²) in [5.74, 6) is 1.04. The van der Waals surface area contributed by atoms with Crippen LogP contribution < -0.4 is 9.88 Å². The molecule has 14 heteroatoms. The molecule has 1 aliphatic rings. The molecule has 0 atom stereocenters. The zero-order chi connectivity index (χ0) is 28.2. The van der Waals surface area contributed by atoms with Crippen LogP contribution in [0.25, 0.3) is 11.3 Å². The van der Waals surface area contributed by atoms with Gasteiger partial charge in [-0.25, -0.2) is 18.5 Å². The number of oxazole rings is 1. The molecule has 0 radical (unpaired) electrons. The minimum Gasteiger partial charge on any atom is -0.495 e. The molecule has 220 valence electrons. The third-order valence-electron chi connectivity index (χ3n) is 6.51. The summed E-state index contributed by atoms with van der Waals surface area (Å²) in [6.07, 6.45) is -2.33. The van der Waals surface area contributed by atoms with Gasteiger partial charge in [0, 0.05) is 23.0 Å². The normalized spacial score (nSPS) is 15.2. The number of alkyl halides is 3. The number of nitrogens with zero attached hydrogens (tertiary/aromatic N) is 2. The number of benzene rings is 2. The number of halogens is 5. The molecule has 1 fully saturated rings. The third kappa shape index (κ3) is 8.58. The molecule has 8 nitrogen and oxygen atoms in total. The number of rotatable bonds is 10. The first-order valence-electron chi connectivity index (χ1n) is 12.2. The monoisotopic (exact) mass is 623 g/mol. The van der Waals surface area contributed by atoms with E-state index in [0.717, 1.165) is 31.5 Å². The van der Waals surface area contributed by atoms with Crippen molar-refractivity contribution in [3.63, 3.8) is 0 Å². The van der Waals surface area contributed by atoms with Gasteiger partial charge in [-0.3, -0.25) is 0 Å². The summed E-state index contributed by atoms with van der Waals surface area (Å²) in [4.78, 5) is 6.74. The number of likely N-dealkylation sites (tertiary alicyclic amines) is 1. The van der Waals surface area contributed by atoms with Gasteiger partial charge in [0.2, 0.25) is 10.0 Å². The first kappa shape index (κ1) is 32.2. The van der Waals surface area contributed by atoms with Gasteiger partial charge in [0.05, 0.1) is 13.7 Å². The highest BCUT2D eigenvalue weighted by atomic mass is 35.5. The van der Waals surface area contributed by atoms with Crippen LogP contribution in [0, 0.1) is 0 Å². The van der Waals surface area contributed by atoms with Crippen molar-refractivity contribution in [2.75, 3.05) is 33.4 Å². The van der Waals surface area contributed by atoms with E-state index in [4.69, 9.17) is 30.6 Å². The molecule has 0 spiro atoms. The highest BCUT2D eigenvalue weighted by Gasteiger charge is 2.30. The molecule has 2 heterocycles. The van der Waals surface area contributed by atoms with Crippen LogP contribution in [0.15, 0.2) is 51.8 Å². The highest BCUT2D eigenvalue weighted by Crippen LogP contribution is 2.34. The molecule has 0 amide bonds. The zero-order valence-electron chi connectivity index (χ0n) is 21.6. The maximum atomic E-state index is 12.6. The van der Waals surface area contributed by atoms with E-state index >= 15 is 0 Å². The van der Waals surface area contributed by atoms with Crippen LogP contribution in [-0.4, -0.2) is 57.8 Å². The van der Waals surface area contributed by atoms with Gasteiger partial charge in [-0.2, -0.15) is 13.2 Å². The maximum Gasteiger partial charge on any atom is 0.411 e. The first-order chi connectivity index (χ1) is 18.4. The minimum absolute atomic E-state index is 0. The molecular formula is C26H30Cl2F3N3O5S. The molecule has 1 saturated heterocycles. The number of nitrogens with two attached hydrogens (primary N) is 1. The second-order valence-corrected chi connectivity index (χ2v) is 11.3. The van der Waals surface area contributed by atoms with E-state index in [1.54, 1.807) is 30.3 Å². The first-order valence-corrected chi connectivity index (χ1v) is 14.2. The maximum absolute atomic E-state index is 12.6. The van der Waals surface area contributed by atoms with Gasteiger partial charge in [0.25, 0.3) is 0 Å². The zero-order valence-corrected chi connectivity index (χ0v) is 24.0. The van der Waals surface area contributed by atoms with Gasteiger partial charge in [0.15, 0.2) is 11.7 Å². The second-order valence-electron chi connectivity index (χ2n) is 9.34. The Hall–Kier alpha value is -2.35. The SMILES string of the molecule is COc1ccc(CCN2CCC(c3nc(COCC(F)(F)F)c(-c4ccc(Cl)cc4)o3)CC2)cc1S(N)(=O)=O.Cl. The summed E-state index contributed by atoms with van der Waals surface area (Å²) < 4.78 is 77.7. The number of sulfonamides is 1. The fourth-order valence-corrected chi connectivity index (χ4v) is 5.40. The Balaban J connectivity index is 0.00000441. The van der Waals surface area contributed by atoms with Crippen LogP contribution in [0.2, 0.25) is 5.02 Å². The smallest absolute Gasteiger partial charge is 0.411 e. The predicted molar refractivity (Wildman–Crippen MR) is 146 cm³/mol. The largest absolute Gasteiger partial charge is 0.495 e. The summed E-state index contributed by atoms with van der Waals surface area (Å²) in [5.41, 5.74) is 1.79. The van der Waals surface area contributed by atoms with Gasteiger partial charge >= 0.3 is 6.18 Å². The van der Waals surface area contributed by atoms with Crippen LogP contribution in [0.5, 0.6) is 5.75 Å². The Morgan fingerprint density at radius 2 is 1.82 bits per heavy atom. The molecule has 0 saturated carbocycles. The summed E-state index contributed by atoms with van der Waals surface area (Å²) in [7, 11) is -2.53. The van der Waals surface area contributed by atoms with Gasteiger partial charge in [-0.1, -0.05) is 17.7 Å². The van der Waals surface area contributed by atoms with Crippen molar-refractivity contribution in [2.45, 2.75) is 42.9 Å². The Kier molecular flexibility index (Phi) is 10.9. The molecule has 40 heavy (non-hydrogen) atoms. The fraction of sp³-hybridized carbons (Fsp3) is 0.423. The number of primary sulfonamides is 1. The van der Waals surface area contributed by atoms with Crippen LogP contribution in [0.4, 0.5) is 13.2 Å². The number of piperidine rings is 1. The molecule has 0 aliphatic carbocycles. The van der Waals surface area contributed by atoms with Crippen LogP contribution in [0.3, 0.4) is 0 Å². The number of hydrogen-bond donors (Lipinski definition) is 1. The lowest BCUT2D eigenvalue weighted by Gasteiger charge is -2.30. The van der Waals surface area contributed by atoms with Crippen molar-refractivity contribution in [1.82, 2.24) is 9.88 Å². The molecule has 3 aromatic rings. The molecule has 2 N–H and O–H groups in total. The summed E-state index contributed by atoms with van der Waals surface area (Å²) in [6.45, 7) is 0.507. The number of ether oxygens (including phenoxy) is 2. The number of hydrogen-bond acceptors (Lipinski definition) is 7. The molecule has 1 aromatic heterocycles. The lowest BCUT2D eigenvalue weighted by molar-refractivity contribution is -0.176. The summed E-state index contributed by atoms with van der Waals surface area (Å²) >= 11 is 5.98. The van der Waals surface area contributed by atoms with Crippen molar-refractivity contribution in [3.8, 4) is 17.1 Å². The van der Waals surface area contributed by atoms with Gasteiger partial charge in [-0.15, -0.1) is 12.4 Å². The molecule has 0 bridgehead atoms. The number of methoxy groups -OCH3 is 1. The van der Waals surface area contributed by atoms with Gasteiger partial charge in [-0.05, 0) is 74.3 Å². The average Bonchev–Trinajstić information content (AvgIpc) is 3.31. The van der Waals surface area contributed by atoms with Gasteiger partial charge < -0.3 is 18.8 Å². The molecule has 1 aliphatic heterocycles. The summed E-state index contributed by atoms with van der Waals surface area (Å²) in [5, 5.41) is 5.84. The van der Waals surface area contributed by atoms with Crippen molar-refractivity contribution in [1.29, 1.82) is 0 Å². The molecule has 2 aromatic carbocycles. The molecular weight excluding hydrogens is 594 g/mol. The van der Waals surface area contributed by atoms with E-state index in [1.807, 2.05) is 6.07 Å². The highest BCUT2D eigenvalue weighted by molar-refractivity contribution is 7.89. The van der Waals surface area contributed by atoms with Crippen molar-refractivity contribution in [3.05, 3.63) is 64.6 Å². The second kappa shape index (κ2) is 13.5. The molecule has 0 unspecified atom stereocenters. The topological polar surface area (TPSA) is 108 Å². The summed E-state index contributed by atoms with van der Waals surface area (Å²) in [6, 6.07) is 11.7. The van der Waals surface area contributed by atoms with Crippen molar-refractivity contribution in [2.24, 2.45) is 5.14 Å². The Labute approximate surface area is 242 Å². The van der Waals surface area contributed by atoms with Crippen LogP contribution >= 0.6 is 24.0 Å². The fourth-order valence-electron chi connectivity index (χ4n) is 4.52. The predicted octanol–water partition coefficient (Wildman–Crippen LogP) is 5.57. The van der Waals surface area contributed by atoms with Crippen LogP contribution in [0.1, 0.15) is 35.9 Å². The van der Waals surface area contributed by atoms with Gasteiger partial charge in [0.1, 0.15) is 22.9 Å².